The molecule has 0 spiro atoms. The van der Waals surface area contributed by atoms with Crippen LogP contribution in [0.3, 0.4) is 0 Å². The van der Waals surface area contributed by atoms with Crippen LogP contribution in [0.4, 0.5) is 0 Å². The van der Waals surface area contributed by atoms with E-state index in [1.165, 1.54) is 33.2 Å². The molecule has 0 saturated heterocycles. The van der Waals surface area contributed by atoms with Crippen molar-refractivity contribution in [3.05, 3.63) is 83.4 Å². The number of hydrogen-bond donors (Lipinski definition) is 0. The molecular weight excluding hydrogens is 292 g/mol. The number of fused-ring (bicyclic) bond motifs is 1. The lowest BCUT2D eigenvalue weighted by Gasteiger charge is -2.04. The molecule has 0 fully saturated rings. The molecule has 1 heteroatoms. The lowest BCUT2D eigenvalue weighted by molar-refractivity contribution is 0.629. The molecule has 24 heavy (non-hydrogen) atoms. The van der Waals surface area contributed by atoms with Gasteiger partial charge in [-0.25, -0.2) is 0 Å². The third-order valence-electron chi connectivity index (χ3n) is 4.75. The van der Waals surface area contributed by atoms with Crippen molar-refractivity contribution in [3.8, 4) is 22.5 Å². The van der Waals surface area contributed by atoms with Gasteiger partial charge < -0.3 is 4.42 Å². The lowest BCUT2D eigenvalue weighted by Crippen LogP contribution is -1.82. The second-order valence-electron chi connectivity index (χ2n) is 6.42. The van der Waals surface area contributed by atoms with Gasteiger partial charge in [-0.1, -0.05) is 72.3 Å². The Kier molecular flexibility index (Phi) is 3.50. The third kappa shape index (κ3) is 2.33. The van der Waals surface area contributed by atoms with Crippen molar-refractivity contribution in [1.82, 2.24) is 0 Å². The summed E-state index contributed by atoms with van der Waals surface area (Å²) >= 11 is 0. The maximum atomic E-state index is 6.39. The zero-order valence-electron chi connectivity index (χ0n) is 14.3. The Balaban J connectivity index is 2.08. The fourth-order valence-corrected chi connectivity index (χ4v) is 3.19. The molecule has 118 valence electrons. The maximum absolute atomic E-state index is 6.39. The van der Waals surface area contributed by atoms with Gasteiger partial charge in [0.2, 0.25) is 0 Å². The normalized spacial score (nSPS) is 11.1. The van der Waals surface area contributed by atoms with Gasteiger partial charge in [-0.3, -0.25) is 0 Å². The fraction of sp³-hybridized carbons (Fsp3) is 0.130. The Bertz CT molecular complexity index is 1010. The van der Waals surface area contributed by atoms with Gasteiger partial charge >= 0.3 is 0 Å². The zero-order chi connectivity index (χ0) is 16.7. The van der Waals surface area contributed by atoms with Crippen LogP contribution in [-0.4, -0.2) is 0 Å². The Labute approximate surface area is 142 Å². The molecule has 0 N–H and O–H groups in total. The Morgan fingerprint density at radius 1 is 0.667 bits per heavy atom. The fourth-order valence-electron chi connectivity index (χ4n) is 3.19. The molecule has 1 heterocycles. The molecule has 1 aromatic heterocycles. The van der Waals surface area contributed by atoms with E-state index >= 15 is 0 Å². The molecule has 0 aliphatic rings. The second kappa shape index (κ2) is 5.68. The largest absolute Gasteiger partial charge is 0.455 e. The molecule has 0 atom stereocenters. The first-order valence-corrected chi connectivity index (χ1v) is 8.30. The summed E-state index contributed by atoms with van der Waals surface area (Å²) in [6.07, 6.45) is 0. The average molecular weight is 312 g/mol. The molecule has 0 aliphatic heterocycles. The van der Waals surface area contributed by atoms with E-state index in [0.29, 0.717) is 0 Å². The van der Waals surface area contributed by atoms with Gasteiger partial charge in [0.25, 0.3) is 0 Å². The van der Waals surface area contributed by atoms with Crippen LogP contribution in [0, 0.1) is 20.8 Å². The highest BCUT2D eigenvalue weighted by Crippen LogP contribution is 2.42. The van der Waals surface area contributed by atoms with Crippen molar-refractivity contribution in [1.29, 1.82) is 0 Å². The van der Waals surface area contributed by atoms with Crippen LogP contribution >= 0.6 is 0 Å². The molecule has 0 saturated carbocycles. The van der Waals surface area contributed by atoms with E-state index in [1.807, 2.05) is 6.07 Å². The van der Waals surface area contributed by atoms with Crippen LogP contribution in [0.5, 0.6) is 0 Å². The van der Waals surface area contributed by atoms with Crippen molar-refractivity contribution in [2.45, 2.75) is 20.8 Å². The number of furan rings is 1. The first kappa shape index (κ1) is 14.8. The van der Waals surface area contributed by atoms with Crippen molar-refractivity contribution in [2.75, 3.05) is 0 Å². The van der Waals surface area contributed by atoms with E-state index in [4.69, 9.17) is 4.42 Å². The molecule has 0 radical (unpaired) electrons. The first-order chi connectivity index (χ1) is 11.6. The van der Waals surface area contributed by atoms with Gasteiger partial charge in [0.05, 0.1) is 0 Å². The maximum Gasteiger partial charge on any atom is 0.143 e. The predicted octanol–water partition coefficient (Wildman–Crippen LogP) is 6.69. The topological polar surface area (TPSA) is 13.1 Å². The van der Waals surface area contributed by atoms with Crippen LogP contribution in [0.15, 0.2) is 71.1 Å². The molecule has 0 unspecified atom stereocenters. The van der Waals surface area contributed by atoms with E-state index in [0.717, 1.165) is 16.9 Å². The minimum absolute atomic E-state index is 0.949. The number of rotatable bonds is 2. The van der Waals surface area contributed by atoms with Gasteiger partial charge in [0.15, 0.2) is 0 Å². The number of benzene rings is 3. The molecule has 0 amide bonds. The zero-order valence-corrected chi connectivity index (χ0v) is 14.3. The summed E-state index contributed by atoms with van der Waals surface area (Å²) in [4.78, 5) is 0. The second-order valence-corrected chi connectivity index (χ2v) is 6.42. The lowest BCUT2D eigenvalue weighted by atomic mass is 9.96. The molecule has 4 rings (SSSR count). The highest BCUT2D eigenvalue weighted by Gasteiger charge is 2.19. The smallest absolute Gasteiger partial charge is 0.143 e. The van der Waals surface area contributed by atoms with Gasteiger partial charge in [-0.15, -0.1) is 0 Å². The van der Waals surface area contributed by atoms with Crippen LogP contribution in [0.25, 0.3) is 33.4 Å². The molecule has 4 aromatic rings. The highest BCUT2D eigenvalue weighted by molar-refractivity contribution is 6.03. The van der Waals surface area contributed by atoms with E-state index in [1.54, 1.807) is 0 Å². The average Bonchev–Trinajstić information content (AvgIpc) is 3.00. The van der Waals surface area contributed by atoms with Gasteiger partial charge in [0.1, 0.15) is 11.3 Å². The minimum atomic E-state index is 0.949. The summed E-state index contributed by atoms with van der Waals surface area (Å²) in [6.45, 7) is 6.37. The van der Waals surface area contributed by atoms with Crippen molar-refractivity contribution in [2.24, 2.45) is 0 Å². The van der Waals surface area contributed by atoms with Gasteiger partial charge in [-0.05, 0) is 37.5 Å². The summed E-state index contributed by atoms with van der Waals surface area (Å²) in [6, 6.07) is 23.4. The van der Waals surface area contributed by atoms with Gasteiger partial charge in [0, 0.05) is 16.5 Å². The summed E-state index contributed by atoms with van der Waals surface area (Å²) in [5.74, 6) is 0.949. The van der Waals surface area contributed by atoms with Crippen LogP contribution in [0.2, 0.25) is 0 Å². The number of hydrogen-bond acceptors (Lipinski definition) is 1. The van der Waals surface area contributed by atoms with Crippen molar-refractivity contribution < 1.29 is 4.42 Å². The van der Waals surface area contributed by atoms with E-state index < -0.39 is 0 Å². The van der Waals surface area contributed by atoms with E-state index in [-0.39, 0.29) is 0 Å². The van der Waals surface area contributed by atoms with E-state index in [2.05, 4.69) is 81.4 Å². The Morgan fingerprint density at radius 2 is 1.38 bits per heavy atom. The SMILES string of the molecule is Cc1ccc(-c2oc3c(C)c(C)ccc3c2-c2ccccc2)cc1. The monoisotopic (exact) mass is 312 g/mol. The summed E-state index contributed by atoms with van der Waals surface area (Å²) in [5.41, 5.74) is 8.20. The minimum Gasteiger partial charge on any atom is -0.455 e. The van der Waals surface area contributed by atoms with Crippen molar-refractivity contribution >= 4 is 11.0 Å². The molecule has 0 aliphatic carbocycles. The number of aryl methyl sites for hydroxylation is 3. The first-order valence-electron chi connectivity index (χ1n) is 8.30. The molecule has 1 nitrogen and oxygen atoms in total. The Morgan fingerprint density at radius 3 is 2.08 bits per heavy atom. The van der Waals surface area contributed by atoms with E-state index in [9.17, 15) is 0 Å². The van der Waals surface area contributed by atoms with Crippen LogP contribution in [-0.2, 0) is 0 Å². The third-order valence-corrected chi connectivity index (χ3v) is 4.75. The summed E-state index contributed by atoms with van der Waals surface area (Å²) in [7, 11) is 0. The predicted molar refractivity (Wildman–Crippen MR) is 101 cm³/mol. The molecular formula is C23H20O. The van der Waals surface area contributed by atoms with Crippen LogP contribution in [0.1, 0.15) is 16.7 Å². The Hall–Kier alpha value is -2.80. The summed E-state index contributed by atoms with van der Waals surface area (Å²) < 4.78 is 6.39. The standard InChI is InChI=1S/C23H20O/c1-15-9-12-19(13-10-15)23-21(18-7-5-4-6-8-18)20-14-11-16(2)17(3)22(20)24-23/h4-14H,1-3H3. The summed E-state index contributed by atoms with van der Waals surface area (Å²) in [5, 5.41) is 1.18. The van der Waals surface area contributed by atoms with Crippen LogP contribution < -0.4 is 0 Å². The molecule has 3 aromatic carbocycles. The molecule has 0 bridgehead atoms. The van der Waals surface area contributed by atoms with Crippen molar-refractivity contribution in [3.63, 3.8) is 0 Å². The highest BCUT2D eigenvalue weighted by atomic mass is 16.3. The quantitative estimate of drug-likeness (QED) is 0.402. The van der Waals surface area contributed by atoms with Gasteiger partial charge in [-0.2, -0.15) is 0 Å².